The zero-order valence-corrected chi connectivity index (χ0v) is 8.12. The van der Waals surface area contributed by atoms with Gasteiger partial charge in [-0.15, -0.1) is 12.4 Å². The summed E-state index contributed by atoms with van der Waals surface area (Å²) in [4.78, 5) is 10.8. The number of carboxylic acid groups (broad SMARTS) is 1. The third-order valence-electron chi connectivity index (χ3n) is 2.02. The van der Waals surface area contributed by atoms with Crippen LogP contribution >= 0.6 is 12.4 Å². The summed E-state index contributed by atoms with van der Waals surface area (Å²) in [5.74, 6) is -0.874. The molecule has 2 nitrogen and oxygen atoms in total. The van der Waals surface area contributed by atoms with Crippen LogP contribution in [-0.4, -0.2) is 11.1 Å². The van der Waals surface area contributed by atoms with Crippen molar-refractivity contribution in [1.82, 2.24) is 0 Å². The van der Waals surface area contributed by atoms with Crippen molar-refractivity contribution < 1.29 is 9.90 Å². The minimum atomic E-state index is -0.874. The maximum atomic E-state index is 10.8. The fourth-order valence-electron chi connectivity index (χ4n) is 1.40. The van der Waals surface area contributed by atoms with Gasteiger partial charge in [0.15, 0.2) is 0 Å². The molecular weight excluding hydrogens is 200 g/mol. The number of carbonyl (C=O) groups is 1. The van der Waals surface area contributed by atoms with Gasteiger partial charge in [-0.3, -0.25) is 0 Å². The Morgan fingerprint density at radius 1 is 1.00 bits per heavy atom. The second kappa shape index (κ2) is 4.11. The van der Waals surface area contributed by atoms with E-state index in [1.54, 1.807) is 6.07 Å². The van der Waals surface area contributed by atoms with Gasteiger partial charge in [0.05, 0.1) is 5.56 Å². The standard InChI is InChI=1S/C11H8O2.ClH/c12-11(13)10-7-6-8-4-2-1-3-5-9(8)10;/h1-7H,(H,12,13);1H. The molecule has 0 amide bonds. The smallest absolute Gasteiger partial charge is 0.336 e. The van der Waals surface area contributed by atoms with Crippen LogP contribution in [0.2, 0.25) is 0 Å². The summed E-state index contributed by atoms with van der Waals surface area (Å²) in [6.45, 7) is 0. The molecule has 3 heteroatoms. The minimum Gasteiger partial charge on any atom is -0.478 e. The van der Waals surface area contributed by atoms with Gasteiger partial charge in [0.1, 0.15) is 0 Å². The maximum absolute atomic E-state index is 10.8. The first-order valence-electron chi connectivity index (χ1n) is 4.00. The summed E-state index contributed by atoms with van der Waals surface area (Å²) in [5.41, 5.74) is 2.12. The van der Waals surface area contributed by atoms with E-state index in [0.717, 1.165) is 11.1 Å². The van der Waals surface area contributed by atoms with E-state index in [2.05, 4.69) is 0 Å². The Labute approximate surface area is 87.9 Å². The first-order valence-corrected chi connectivity index (χ1v) is 4.00. The Kier molecular flexibility index (Phi) is 3.10. The van der Waals surface area contributed by atoms with E-state index in [1.165, 1.54) is 0 Å². The number of rotatable bonds is 1. The largest absolute Gasteiger partial charge is 0.478 e. The van der Waals surface area contributed by atoms with E-state index in [1.807, 2.05) is 36.4 Å². The van der Waals surface area contributed by atoms with Crippen molar-refractivity contribution in [2.75, 3.05) is 0 Å². The van der Waals surface area contributed by atoms with Crippen LogP contribution in [0.25, 0.3) is 11.1 Å². The van der Waals surface area contributed by atoms with Crippen LogP contribution < -0.4 is 0 Å². The van der Waals surface area contributed by atoms with Crippen molar-refractivity contribution in [3.63, 3.8) is 0 Å². The maximum Gasteiger partial charge on any atom is 0.336 e. The quantitative estimate of drug-likeness (QED) is 0.783. The first kappa shape index (κ1) is 10.5. The van der Waals surface area contributed by atoms with Gasteiger partial charge < -0.3 is 5.11 Å². The Hall–Kier alpha value is -1.54. The van der Waals surface area contributed by atoms with E-state index in [0.29, 0.717) is 5.56 Å². The van der Waals surface area contributed by atoms with E-state index in [4.69, 9.17) is 5.11 Å². The van der Waals surface area contributed by atoms with Crippen LogP contribution in [0.15, 0.2) is 42.5 Å². The molecule has 0 fully saturated rings. The lowest BCUT2D eigenvalue weighted by molar-refractivity contribution is 0.0698. The molecule has 0 saturated heterocycles. The molecule has 14 heavy (non-hydrogen) atoms. The van der Waals surface area contributed by atoms with Crippen LogP contribution in [0, 0.1) is 0 Å². The molecule has 0 aromatic heterocycles. The predicted octanol–water partition coefficient (Wildman–Crippen LogP) is 2.91. The van der Waals surface area contributed by atoms with E-state index in [9.17, 15) is 4.79 Å². The Morgan fingerprint density at radius 3 is 2.43 bits per heavy atom. The third-order valence-corrected chi connectivity index (χ3v) is 2.02. The molecule has 0 saturated carbocycles. The topological polar surface area (TPSA) is 37.3 Å². The zero-order chi connectivity index (χ0) is 9.26. The van der Waals surface area contributed by atoms with Crippen LogP contribution in [0.1, 0.15) is 10.4 Å². The number of hydrogen-bond donors (Lipinski definition) is 1. The van der Waals surface area contributed by atoms with Crippen molar-refractivity contribution >= 4 is 18.4 Å². The average molecular weight is 209 g/mol. The van der Waals surface area contributed by atoms with Gasteiger partial charge in [0.25, 0.3) is 0 Å². The molecule has 0 aromatic carbocycles. The number of hydrogen-bond acceptors (Lipinski definition) is 1. The van der Waals surface area contributed by atoms with Crippen molar-refractivity contribution in [3.05, 3.63) is 48.0 Å². The van der Waals surface area contributed by atoms with Crippen LogP contribution in [0.5, 0.6) is 0 Å². The van der Waals surface area contributed by atoms with Gasteiger partial charge in [-0.2, -0.15) is 0 Å². The summed E-state index contributed by atoms with van der Waals surface area (Å²) >= 11 is 0. The normalized spacial score (nSPS) is 9.43. The van der Waals surface area contributed by atoms with Gasteiger partial charge >= 0.3 is 5.97 Å². The molecule has 2 rings (SSSR count). The summed E-state index contributed by atoms with van der Waals surface area (Å²) in [7, 11) is 0. The van der Waals surface area contributed by atoms with Crippen LogP contribution in [-0.2, 0) is 0 Å². The monoisotopic (exact) mass is 208 g/mol. The van der Waals surface area contributed by atoms with Crippen molar-refractivity contribution in [2.45, 2.75) is 0 Å². The fourth-order valence-corrected chi connectivity index (χ4v) is 1.40. The van der Waals surface area contributed by atoms with Gasteiger partial charge in [0, 0.05) is 0 Å². The number of fused-ring (bicyclic) bond motifs is 1. The minimum absolute atomic E-state index is 0. The van der Waals surface area contributed by atoms with E-state index < -0.39 is 5.97 Å². The lowest BCUT2D eigenvalue weighted by Crippen LogP contribution is -1.94. The summed E-state index contributed by atoms with van der Waals surface area (Å²) in [6.07, 6.45) is 0. The average Bonchev–Trinajstić information content (AvgIpc) is 2.36. The molecule has 0 atom stereocenters. The molecule has 2 aliphatic carbocycles. The number of halogens is 1. The van der Waals surface area contributed by atoms with Gasteiger partial charge in [0.2, 0.25) is 0 Å². The second-order valence-corrected chi connectivity index (χ2v) is 2.83. The highest BCUT2D eigenvalue weighted by Crippen LogP contribution is 2.26. The van der Waals surface area contributed by atoms with Crippen molar-refractivity contribution in [3.8, 4) is 11.1 Å². The lowest BCUT2D eigenvalue weighted by Gasteiger charge is -1.93. The highest BCUT2D eigenvalue weighted by atomic mass is 35.5. The first-order chi connectivity index (χ1) is 6.29. The number of carboxylic acids is 1. The molecule has 0 bridgehead atoms. The van der Waals surface area contributed by atoms with Gasteiger partial charge in [-0.25, -0.2) is 4.79 Å². The molecule has 0 radical (unpaired) electrons. The Balaban J connectivity index is 0.000000980. The second-order valence-electron chi connectivity index (χ2n) is 2.83. The molecule has 0 aromatic rings. The predicted molar refractivity (Wildman–Crippen MR) is 57.3 cm³/mol. The molecule has 72 valence electrons. The molecule has 1 N–H and O–H groups in total. The van der Waals surface area contributed by atoms with Crippen molar-refractivity contribution in [2.24, 2.45) is 0 Å². The summed E-state index contributed by atoms with van der Waals surface area (Å²) < 4.78 is 0. The third kappa shape index (κ3) is 1.70. The van der Waals surface area contributed by atoms with Crippen LogP contribution in [0.4, 0.5) is 0 Å². The Morgan fingerprint density at radius 2 is 1.71 bits per heavy atom. The molecular formula is C11H9ClO2. The van der Waals surface area contributed by atoms with Crippen molar-refractivity contribution in [1.29, 1.82) is 0 Å². The Bertz CT molecular complexity index is 426. The molecule has 0 spiro atoms. The highest BCUT2D eigenvalue weighted by molar-refractivity contribution is 5.97. The van der Waals surface area contributed by atoms with E-state index >= 15 is 0 Å². The molecule has 2 aliphatic rings. The van der Waals surface area contributed by atoms with Crippen LogP contribution in [0.3, 0.4) is 0 Å². The van der Waals surface area contributed by atoms with E-state index in [-0.39, 0.29) is 12.4 Å². The molecule has 0 aliphatic heterocycles. The lowest BCUT2D eigenvalue weighted by atomic mass is 10.1. The SMILES string of the molecule is Cl.O=C(O)c1ccc2cccccc1-2. The van der Waals surface area contributed by atoms with Gasteiger partial charge in [-0.05, 0) is 17.2 Å². The van der Waals surface area contributed by atoms with Gasteiger partial charge in [-0.1, -0.05) is 36.4 Å². The fraction of sp³-hybridized carbons (Fsp3) is 0. The number of aromatic carboxylic acids is 1. The summed E-state index contributed by atoms with van der Waals surface area (Å²) in [6, 6.07) is 12.8. The molecule has 0 unspecified atom stereocenters. The molecule has 0 heterocycles. The highest BCUT2D eigenvalue weighted by Gasteiger charge is 2.12. The zero-order valence-electron chi connectivity index (χ0n) is 7.31. The summed E-state index contributed by atoms with van der Waals surface area (Å²) in [5, 5.41) is 8.85.